The van der Waals surface area contributed by atoms with Crippen LogP contribution in [-0.2, 0) is 27.4 Å². The zero-order valence-electron chi connectivity index (χ0n) is 29.7. The number of aliphatic hydroxyl groups is 1. The van der Waals surface area contributed by atoms with Crippen LogP contribution < -0.4 is 15.5 Å². The molecule has 3 aliphatic rings. The van der Waals surface area contributed by atoms with Gasteiger partial charge in [0.1, 0.15) is 11.2 Å². The lowest BCUT2D eigenvalue weighted by molar-refractivity contribution is -0.276. The summed E-state index contributed by atoms with van der Waals surface area (Å²) in [5.41, 5.74) is 5.88. The zero-order chi connectivity index (χ0) is 36.4. The third-order valence-corrected chi connectivity index (χ3v) is 11.0. The molecular formula is C42H44N6O5. The summed E-state index contributed by atoms with van der Waals surface area (Å²) >= 11 is 0. The maximum absolute atomic E-state index is 13.3. The third-order valence-electron chi connectivity index (χ3n) is 11.0. The number of piperidine rings is 1. The minimum absolute atomic E-state index is 0.0195. The van der Waals surface area contributed by atoms with Crippen molar-refractivity contribution in [2.75, 3.05) is 31.2 Å². The summed E-state index contributed by atoms with van der Waals surface area (Å²) in [4.78, 5) is 39.6. The fourth-order valence-electron chi connectivity index (χ4n) is 7.85. The number of nitrogens with zero attached hydrogens (tertiary/aromatic N) is 4. The van der Waals surface area contributed by atoms with Crippen molar-refractivity contribution >= 4 is 28.5 Å². The van der Waals surface area contributed by atoms with E-state index in [4.69, 9.17) is 9.47 Å². The van der Waals surface area contributed by atoms with E-state index < -0.39 is 11.8 Å². The van der Waals surface area contributed by atoms with Crippen LogP contribution in [0, 0.1) is 5.92 Å². The van der Waals surface area contributed by atoms with Crippen LogP contribution in [0.5, 0.6) is 0 Å². The highest BCUT2D eigenvalue weighted by Crippen LogP contribution is 2.43. The first kappa shape index (κ1) is 34.9. The summed E-state index contributed by atoms with van der Waals surface area (Å²) < 4.78 is 13.5. The fourth-order valence-corrected chi connectivity index (χ4v) is 7.85. The molecule has 8 rings (SSSR count). The molecule has 4 heterocycles. The molecule has 53 heavy (non-hydrogen) atoms. The topological polar surface area (TPSA) is 129 Å². The number of carbonyl (C=O) groups is 2. The number of anilines is 1. The van der Waals surface area contributed by atoms with Crippen molar-refractivity contribution in [2.24, 2.45) is 5.92 Å². The van der Waals surface area contributed by atoms with Gasteiger partial charge in [0, 0.05) is 43.3 Å². The Morgan fingerprint density at radius 1 is 0.887 bits per heavy atom. The molecule has 3 fully saturated rings. The van der Waals surface area contributed by atoms with Crippen LogP contribution in [0.4, 0.5) is 5.69 Å². The first-order valence-corrected chi connectivity index (χ1v) is 18.3. The number of benzene rings is 4. The lowest BCUT2D eigenvalue weighted by atomic mass is 9.84. The van der Waals surface area contributed by atoms with E-state index in [0.717, 1.165) is 59.4 Å². The van der Waals surface area contributed by atoms with E-state index in [1.165, 1.54) is 6.20 Å². The first-order chi connectivity index (χ1) is 25.9. The van der Waals surface area contributed by atoms with Crippen LogP contribution in [-0.4, -0.2) is 69.7 Å². The Bertz CT molecular complexity index is 2050. The lowest BCUT2D eigenvalue weighted by Gasteiger charge is -2.46. The molecular weight excluding hydrogens is 668 g/mol. The molecule has 3 aliphatic heterocycles. The van der Waals surface area contributed by atoms with Gasteiger partial charge in [-0.3, -0.25) is 14.6 Å². The van der Waals surface area contributed by atoms with Gasteiger partial charge in [-0.2, -0.15) is 0 Å². The van der Waals surface area contributed by atoms with Crippen molar-refractivity contribution in [1.82, 2.24) is 25.5 Å². The van der Waals surface area contributed by atoms with Crippen molar-refractivity contribution in [2.45, 2.75) is 57.0 Å². The maximum atomic E-state index is 13.3. The molecule has 5 aromatic rings. The second kappa shape index (κ2) is 15.0. The largest absolute Gasteiger partial charge is 0.392 e. The predicted molar refractivity (Wildman–Crippen MR) is 200 cm³/mol. The molecule has 4 unspecified atom stereocenters. The van der Waals surface area contributed by atoms with E-state index in [2.05, 4.69) is 49.5 Å². The Morgan fingerprint density at radius 2 is 1.57 bits per heavy atom. The van der Waals surface area contributed by atoms with E-state index in [-0.39, 0.29) is 42.2 Å². The average molecular weight is 713 g/mol. The van der Waals surface area contributed by atoms with Crippen LogP contribution in [0.1, 0.15) is 64.9 Å². The van der Waals surface area contributed by atoms with Gasteiger partial charge in [-0.15, -0.1) is 0 Å². The van der Waals surface area contributed by atoms with Crippen LogP contribution in [0.3, 0.4) is 0 Å². The molecule has 11 heteroatoms. The highest BCUT2D eigenvalue weighted by Gasteiger charge is 2.51. The molecule has 0 aliphatic carbocycles. The van der Waals surface area contributed by atoms with Gasteiger partial charge in [-0.05, 0) is 53.8 Å². The summed E-state index contributed by atoms with van der Waals surface area (Å²) in [5.74, 6) is -0.151. The van der Waals surface area contributed by atoms with Crippen molar-refractivity contribution in [3.05, 3.63) is 137 Å². The van der Waals surface area contributed by atoms with E-state index in [0.29, 0.717) is 25.3 Å². The maximum Gasteiger partial charge on any atom is 0.271 e. The number of aliphatic hydroxyl groups excluding tert-OH is 1. The highest BCUT2D eigenvalue weighted by atomic mass is 16.7. The van der Waals surface area contributed by atoms with Crippen LogP contribution in [0.15, 0.2) is 109 Å². The Morgan fingerprint density at radius 3 is 2.30 bits per heavy atom. The molecule has 1 aromatic heterocycles. The quantitative estimate of drug-likeness (QED) is 0.187. The molecule has 11 nitrogen and oxygen atoms in total. The van der Waals surface area contributed by atoms with E-state index >= 15 is 0 Å². The summed E-state index contributed by atoms with van der Waals surface area (Å²) in [7, 11) is 0. The molecule has 0 bridgehead atoms. The van der Waals surface area contributed by atoms with Gasteiger partial charge in [0.15, 0.2) is 6.29 Å². The minimum atomic E-state index is -0.611. The van der Waals surface area contributed by atoms with Crippen LogP contribution in [0.25, 0.3) is 11.0 Å². The molecule has 0 radical (unpaired) electrons. The van der Waals surface area contributed by atoms with Gasteiger partial charge in [-0.1, -0.05) is 85.8 Å². The van der Waals surface area contributed by atoms with Gasteiger partial charge in [-0.25, -0.2) is 4.98 Å². The number of amides is 2. The number of ether oxygens (including phenoxy) is 2. The SMILES string of the molecule is CC1C(CN2CCC3(CC2)C(=O)NCN3c2ccccc2)OC(c2ccc(CNC(=O)c3cnc4ccccc4n3)cc2)OC1c1ccc(CO)cc1. The molecule has 4 atom stereocenters. The Balaban J connectivity index is 0.957. The lowest BCUT2D eigenvalue weighted by Crippen LogP contribution is -2.57. The Kier molecular flexibility index (Phi) is 9.89. The number of para-hydroxylation sites is 3. The molecule has 2 amide bonds. The van der Waals surface area contributed by atoms with Crippen LogP contribution in [0.2, 0.25) is 0 Å². The summed E-state index contributed by atoms with van der Waals surface area (Å²) in [5, 5.41) is 15.7. The Hall–Kier alpha value is -5.20. The molecule has 1 spiro atoms. The number of nitrogens with one attached hydrogen (secondary N) is 2. The fraction of sp³-hybridized carbons (Fsp3) is 0.333. The normalized spacial score (nSPS) is 22.9. The van der Waals surface area contributed by atoms with Crippen molar-refractivity contribution in [1.29, 1.82) is 0 Å². The van der Waals surface area contributed by atoms with Crippen molar-refractivity contribution in [3.63, 3.8) is 0 Å². The molecule has 4 aromatic carbocycles. The number of fused-ring (bicyclic) bond motifs is 1. The first-order valence-electron chi connectivity index (χ1n) is 18.3. The van der Waals surface area contributed by atoms with E-state index in [1.807, 2.05) is 91.0 Å². The molecule has 3 N–H and O–H groups in total. The highest BCUT2D eigenvalue weighted by molar-refractivity contribution is 5.94. The number of aromatic nitrogens is 2. The third kappa shape index (κ3) is 7.13. The predicted octanol–water partition coefficient (Wildman–Crippen LogP) is 5.27. The molecule has 0 saturated carbocycles. The zero-order valence-corrected chi connectivity index (χ0v) is 29.7. The van der Waals surface area contributed by atoms with Crippen molar-refractivity contribution < 1.29 is 24.2 Å². The Labute approximate surface area is 309 Å². The monoisotopic (exact) mass is 712 g/mol. The minimum Gasteiger partial charge on any atom is -0.392 e. The van der Waals surface area contributed by atoms with Gasteiger partial charge in [0.2, 0.25) is 5.91 Å². The summed E-state index contributed by atoms with van der Waals surface area (Å²) in [6, 6.07) is 33.5. The second-order valence-corrected chi connectivity index (χ2v) is 14.2. The number of hydrogen-bond donors (Lipinski definition) is 3. The molecule has 272 valence electrons. The summed E-state index contributed by atoms with van der Waals surface area (Å²) in [6.07, 6.45) is 1.96. The number of hydrogen-bond acceptors (Lipinski definition) is 9. The standard InChI is InChI=1S/C42H44N6O5/c1-28-37(25-47-21-19-42(20-22-47)41(51)45-27-48(42)33-7-3-2-4-8-33)52-40(53-38(28)31-15-13-30(26-49)14-16-31)32-17-11-29(12-18-32)23-44-39(50)36-24-43-34-9-5-6-10-35(34)46-36/h2-18,24,28,37-38,40,49H,19-23,25-27H2,1H3,(H,44,50)(H,45,51). The smallest absolute Gasteiger partial charge is 0.271 e. The van der Waals surface area contributed by atoms with Gasteiger partial charge < -0.3 is 35.0 Å². The molecule has 3 saturated heterocycles. The van der Waals surface area contributed by atoms with Gasteiger partial charge >= 0.3 is 0 Å². The van der Waals surface area contributed by atoms with Gasteiger partial charge in [0.05, 0.1) is 42.7 Å². The van der Waals surface area contributed by atoms with Gasteiger partial charge in [0.25, 0.3) is 5.91 Å². The summed E-state index contributed by atoms with van der Waals surface area (Å²) in [6.45, 7) is 5.25. The average Bonchev–Trinajstić information content (AvgIpc) is 3.53. The van der Waals surface area contributed by atoms with E-state index in [9.17, 15) is 14.7 Å². The van der Waals surface area contributed by atoms with Crippen molar-refractivity contribution in [3.8, 4) is 0 Å². The second-order valence-electron chi connectivity index (χ2n) is 14.2. The number of carbonyl (C=O) groups excluding carboxylic acids is 2. The number of likely N-dealkylation sites (tertiary alicyclic amines) is 1. The number of rotatable bonds is 9. The van der Waals surface area contributed by atoms with E-state index in [1.54, 1.807) is 0 Å². The van der Waals surface area contributed by atoms with Crippen LogP contribution >= 0.6 is 0 Å².